The minimum absolute atomic E-state index is 0.127. The van der Waals surface area contributed by atoms with Gasteiger partial charge in [0.05, 0.1) is 5.56 Å². The zero-order valence-corrected chi connectivity index (χ0v) is 18.1. The van der Waals surface area contributed by atoms with Crippen LogP contribution in [0.1, 0.15) is 56.9 Å². The highest BCUT2D eigenvalue weighted by Gasteiger charge is 2.22. The third-order valence-electron chi connectivity index (χ3n) is 5.54. The van der Waals surface area contributed by atoms with Crippen molar-refractivity contribution in [3.8, 4) is 11.3 Å². The number of rotatable bonds is 3. The summed E-state index contributed by atoms with van der Waals surface area (Å²) in [6.07, 6.45) is 3.13. The molecule has 0 N–H and O–H groups in total. The first-order valence-corrected chi connectivity index (χ1v) is 9.97. The van der Waals surface area contributed by atoms with Crippen molar-refractivity contribution in [2.24, 2.45) is 13.0 Å². The zero-order chi connectivity index (χ0) is 19.9. The molecule has 0 amide bonds. The van der Waals surface area contributed by atoms with Gasteiger partial charge in [-0.15, -0.1) is 0 Å². The highest BCUT2D eigenvalue weighted by atomic mass is 15.0. The van der Waals surface area contributed by atoms with Gasteiger partial charge in [0.15, 0.2) is 0 Å². The van der Waals surface area contributed by atoms with Gasteiger partial charge in [0, 0.05) is 6.07 Å². The van der Waals surface area contributed by atoms with Gasteiger partial charge in [0.1, 0.15) is 18.8 Å². The fourth-order valence-electron chi connectivity index (χ4n) is 3.71. The molecular formula is C25H33N2+. The molecule has 0 saturated heterocycles. The summed E-state index contributed by atoms with van der Waals surface area (Å²) in [5.41, 5.74) is 10.2. The number of aromatic nitrogens is 2. The van der Waals surface area contributed by atoms with Crippen LogP contribution in [0.25, 0.3) is 22.3 Å². The summed E-state index contributed by atoms with van der Waals surface area (Å²) in [7, 11) is 2.15. The molecular weight excluding hydrogens is 328 g/mol. The number of nitrogens with zero attached hydrogens (tertiary/aromatic N) is 2. The minimum Gasteiger partial charge on any atom is -0.243 e. The first-order valence-electron chi connectivity index (χ1n) is 9.97. The molecule has 0 aliphatic heterocycles. The van der Waals surface area contributed by atoms with Crippen molar-refractivity contribution in [1.29, 1.82) is 0 Å². The second kappa shape index (κ2) is 7.07. The highest BCUT2D eigenvalue weighted by Crippen LogP contribution is 2.31. The van der Waals surface area contributed by atoms with E-state index in [4.69, 9.17) is 4.98 Å². The number of benzene rings is 2. The van der Waals surface area contributed by atoms with Gasteiger partial charge in [-0.1, -0.05) is 46.8 Å². The molecule has 0 radical (unpaired) electrons. The topological polar surface area (TPSA) is 16.8 Å². The zero-order valence-electron chi connectivity index (χ0n) is 18.1. The number of hydrogen-bond acceptors (Lipinski definition) is 1. The van der Waals surface area contributed by atoms with Crippen molar-refractivity contribution in [3.63, 3.8) is 0 Å². The molecule has 0 aliphatic rings. The molecule has 2 heteroatoms. The van der Waals surface area contributed by atoms with E-state index >= 15 is 0 Å². The molecule has 3 rings (SSSR count). The molecule has 0 aliphatic carbocycles. The van der Waals surface area contributed by atoms with Gasteiger partial charge in [0.2, 0.25) is 11.2 Å². The molecule has 0 atom stereocenters. The van der Waals surface area contributed by atoms with E-state index in [1.165, 1.54) is 39.0 Å². The molecule has 0 saturated carbocycles. The van der Waals surface area contributed by atoms with Crippen LogP contribution in [0.5, 0.6) is 0 Å². The molecule has 27 heavy (non-hydrogen) atoms. The lowest BCUT2D eigenvalue weighted by Crippen LogP contribution is -2.33. The lowest BCUT2D eigenvalue weighted by molar-refractivity contribution is -0.634. The average Bonchev–Trinajstić information content (AvgIpc) is 2.56. The van der Waals surface area contributed by atoms with E-state index in [-0.39, 0.29) is 5.41 Å². The number of fused-ring (bicyclic) bond motifs is 1. The summed E-state index contributed by atoms with van der Waals surface area (Å²) in [5, 5.41) is 0. The van der Waals surface area contributed by atoms with E-state index in [1.54, 1.807) is 0 Å². The predicted molar refractivity (Wildman–Crippen MR) is 115 cm³/mol. The summed E-state index contributed by atoms with van der Waals surface area (Å²) < 4.78 is 2.29. The van der Waals surface area contributed by atoms with Gasteiger partial charge >= 0.3 is 0 Å². The number of aryl methyl sites for hydroxylation is 2. The fourth-order valence-corrected chi connectivity index (χ4v) is 3.71. The Morgan fingerprint density at radius 1 is 1.04 bits per heavy atom. The first-order chi connectivity index (χ1) is 12.6. The first kappa shape index (κ1) is 19.5. The largest absolute Gasteiger partial charge is 0.243 e. The lowest BCUT2D eigenvalue weighted by atomic mass is 9.83. The summed E-state index contributed by atoms with van der Waals surface area (Å²) in [5.74, 6) is 0.654. The summed E-state index contributed by atoms with van der Waals surface area (Å²) >= 11 is 0. The summed E-state index contributed by atoms with van der Waals surface area (Å²) in [4.78, 5) is 4.83. The van der Waals surface area contributed by atoms with E-state index in [1.807, 2.05) is 6.20 Å². The van der Waals surface area contributed by atoms with Crippen molar-refractivity contribution in [3.05, 3.63) is 58.8 Å². The van der Waals surface area contributed by atoms with Crippen molar-refractivity contribution >= 4 is 11.0 Å². The Morgan fingerprint density at radius 2 is 1.74 bits per heavy atom. The van der Waals surface area contributed by atoms with Gasteiger partial charge < -0.3 is 0 Å². The third kappa shape index (κ3) is 3.90. The maximum atomic E-state index is 4.83. The smallest absolute Gasteiger partial charge is 0.231 e. The Hall–Kier alpha value is -2.22. The van der Waals surface area contributed by atoms with Crippen molar-refractivity contribution < 1.29 is 4.57 Å². The van der Waals surface area contributed by atoms with E-state index in [0.29, 0.717) is 5.92 Å². The standard InChI is InChI=1S/C25H33N2/c1-16(2)11-19-9-10-23-22(13-19)26-15-24(27(23)8)21-14-20(25(5,6)7)12-17(3)18(21)4/h9-10,12-16H,11H2,1-8H3/q+1. The molecule has 1 heterocycles. The van der Waals surface area contributed by atoms with Gasteiger partial charge in [-0.3, -0.25) is 0 Å². The van der Waals surface area contributed by atoms with Crippen LogP contribution >= 0.6 is 0 Å². The van der Waals surface area contributed by atoms with E-state index in [2.05, 4.69) is 90.4 Å². The molecule has 1 aromatic heterocycles. The van der Waals surface area contributed by atoms with Gasteiger partial charge in [-0.25, -0.2) is 4.98 Å². The maximum absolute atomic E-state index is 4.83. The average molecular weight is 362 g/mol. The van der Waals surface area contributed by atoms with Crippen LogP contribution in [0.2, 0.25) is 0 Å². The van der Waals surface area contributed by atoms with E-state index in [0.717, 1.165) is 11.9 Å². The van der Waals surface area contributed by atoms with Crippen LogP contribution < -0.4 is 4.57 Å². The molecule has 0 spiro atoms. The van der Waals surface area contributed by atoms with Crippen LogP contribution in [0.4, 0.5) is 0 Å². The van der Waals surface area contributed by atoms with Crippen LogP contribution in [0.3, 0.4) is 0 Å². The van der Waals surface area contributed by atoms with Crippen LogP contribution in [0, 0.1) is 19.8 Å². The van der Waals surface area contributed by atoms with Gasteiger partial charge in [-0.05, 0) is 66.0 Å². The molecule has 142 valence electrons. The Labute approximate surface area is 164 Å². The Morgan fingerprint density at radius 3 is 2.37 bits per heavy atom. The van der Waals surface area contributed by atoms with Crippen LogP contribution in [-0.4, -0.2) is 4.98 Å². The molecule has 0 bridgehead atoms. The van der Waals surface area contributed by atoms with Crippen molar-refractivity contribution in [1.82, 2.24) is 4.98 Å². The van der Waals surface area contributed by atoms with E-state index < -0.39 is 0 Å². The highest BCUT2D eigenvalue weighted by molar-refractivity contribution is 5.74. The third-order valence-corrected chi connectivity index (χ3v) is 5.54. The maximum Gasteiger partial charge on any atom is 0.231 e. The summed E-state index contributed by atoms with van der Waals surface area (Å²) in [6.45, 7) is 15.8. The summed E-state index contributed by atoms with van der Waals surface area (Å²) in [6, 6.07) is 11.4. The monoisotopic (exact) mass is 361 g/mol. The number of hydrogen-bond donors (Lipinski definition) is 0. The van der Waals surface area contributed by atoms with Gasteiger partial charge in [-0.2, -0.15) is 4.57 Å². The molecule has 3 aromatic rings. The lowest BCUT2D eigenvalue weighted by Gasteiger charge is -2.22. The predicted octanol–water partition coefficient (Wildman–Crippen LogP) is 5.84. The van der Waals surface area contributed by atoms with Crippen LogP contribution in [-0.2, 0) is 18.9 Å². The second-order valence-corrected chi connectivity index (χ2v) is 9.34. The van der Waals surface area contributed by atoms with Gasteiger partial charge in [0.25, 0.3) is 0 Å². The second-order valence-electron chi connectivity index (χ2n) is 9.34. The van der Waals surface area contributed by atoms with Crippen LogP contribution in [0.15, 0.2) is 36.5 Å². The van der Waals surface area contributed by atoms with Crippen molar-refractivity contribution in [2.75, 3.05) is 0 Å². The van der Waals surface area contributed by atoms with E-state index in [9.17, 15) is 0 Å². The quantitative estimate of drug-likeness (QED) is 0.536. The Balaban J connectivity index is 2.18. The Kier molecular flexibility index (Phi) is 5.12. The fraction of sp³-hybridized carbons (Fsp3) is 0.440. The molecule has 2 nitrogen and oxygen atoms in total. The molecule has 0 unspecified atom stereocenters. The normalized spacial score (nSPS) is 12.2. The molecule has 0 fully saturated rings. The minimum atomic E-state index is 0.127. The Bertz CT molecular complexity index is 991. The molecule has 2 aromatic carbocycles. The van der Waals surface area contributed by atoms with Crippen molar-refractivity contribution in [2.45, 2.75) is 60.3 Å². The SMILES string of the molecule is Cc1cc(C(C)(C)C)cc(-c2cnc3cc(CC(C)C)ccc3[n+]2C)c1C.